The molecular formula is C25H31N5O4S2. The standard InChI is InChI=1S/C25H31N5O4S2/c1-4-29(5-2)20-10-13-22(18(3)16-20)26-23(31)17-35-25-28-27-24(34-25)19-8-11-21(12-9-19)36(32,33)30-14-6-7-15-30/h8-13,16H,4-7,14-15,17H2,1-3H3,(H,26,31). The summed E-state index contributed by atoms with van der Waals surface area (Å²) in [5.41, 5.74) is 3.51. The number of hydrogen-bond acceptors (Lipinski definition) is 8. The van der Waals surface area contributed by atoms with E-state index in [4.69, 9.17) is 4.42 Å². The number of nitrogens with one attached hydrogen (secondary N) is 1. The first-order valence-corrected chi connectivity index (χ1v) is 14.5. The van der Waals surface area contributed by atoms with Gasteiger partial charge in [-0.1, -0.05) is 11.8 Å². The van der Waals surface area contributed by atoms with Crippen molar-refractivity contribution >= 4 is 39.1 Å². The summed E-state index contributed by atoms with van der Waals surface area (Å²) in [6.07, 6.45) is 1.78. The summed E-state index contributed by atoms with van der Waals surface area (Å²) < 4.78 is 32.6. The van der Waals surface area contributed by atoms with Crippen LogP contribution in [0.25, 0.3) is 11.5 Å². The first-order chi connectivity index (χ1) is 17.3. The number of aryl methyl sites for hydroxylation is 1. The van der Waals surface area contributed by atoms with Gasteiger partial charge in [-0.2, -0.15) is 4.31 Å². The Morgan fingerprint density at radius 3 is 2.42 bits per heavy atom. The molecule has 11 heteroatoms. The van der Waals surface area contributed by atoms with Crippen LogP contribution < -0.4 is 10.2 Å². The third-order valence-electron chi connectivity index (χ3n) is 6.15. The fourth-order valence-corrected chi connectivity index (χ4v) is 6.20. The molecule has 0 atom stereocenters. The summed E-state index contributed by atoms with van der Waals surface area (Å²) >= 11 is 1.15. The summed E-state index contributed by atoms with van der Waals surface area (Å²) in [5, 5.41) is 11.2. The van der Waals surface area contributed by atoms with Crippen molar-refractivity contribution in [1.29, 1.82) is 0 Å². The quantitative estimate of drug-likeness (QED) is 0.385. The lowest BCUT2D eigenvalue weighted by Gasteiger charge is -2.22. The molecule has 1 N–H and O–H groups in total. The average Bonchev–Trinajstić information content (AvgIpc) is 3.58. The molecule has 0 bridgehead atoms. The van der Waals surface area contributed by atoms with E-state index in [1.54, 1.807) is 24.3 Å². The van der Waals surface area contributed by atoms with E-state index in [0.29, 0.717) is 18.7 Å². The molecule has 3 aromatic rings. The van der Waals surface area contributed by atoms with Gasteiger partial charge in [-0.3, -0.25) is 4.79 Å². The molecule has 0 radical (unpaired) electrons. The summed E-state index contributed by atoms with van der Waals surface area (Å²) in [6.45, 7) is 9.17. The molecule has 36 heavy (non-hydrogen) atoms. The Labute approximate surface area is 216 Å². The fourth-order valence-electron chi connectivity index (χ4n) is 4.12. The number of rotatable bonds is 10. The molecule has 1 fully saturated rings. The van der Waals surface area contributed by atoms with Crippen molar-refractivity contribution in [3.63, 3.8) is 0 Å². The van der Waals surface area contributed by atoms with Crippen molar-refractivity contribution in [2.75, 3.05) is 42.1 Å². The second-order valence-corrected chi connectivity index (χ2v) is 11.4. The molecule has 192 valence electrons. The fraction of sp³-hybridized carbons (Fsp3) is 0.400. The normalized spacial score (nSPS) is 14.2. The maximum absolute atomic E-state index is 12.7. The lowest BCUT2D eigenvalue weighted by atomic mass is 10.1. The Hall–Kier alpha value is -2.89. The number of sulfonamides is 1. The molecule has 1 aliphatic heterocycles. The number of aromatic nitrogens is 2. The molecule has 0 aliphatic carbocycles. The third-order valence-corrected chi connectivity index (χ3v) is 8.88. The lowest BCUT2D eigenvalue weighted by molar-refractivity contribution is -0.113. The molecule has 1 amide bonds. The van der Waals surface area contributed by atoms with Crippen LogP contribution in [0.3, 0.4) is 0 Å². The van der Waals surface area contributed by atoms with Crippen LogP contribution in [-0.2, 0) is 14.8 Å². The van der Waals surface area contributed by atoms with Gasteiger partial charge in [0, 0.05) is 43.1 Å². The van der Waals surface area contributed by atoms with Crippen LogP contribution in [0.15, 0.2) is 57.0 Å². The SMILES string of the molecule is CCN(CC)c1ccc(NC(=O)CSc2nnc(-c3ccc(S(=O)(=O)N4CCCC4)cc3)o2)c(C)c1. The largest absolute Gasteiger partial charge is 0.411 e. The van der Waals surface area contributed by atoms with E-state index in [0.717, 1.165) is 54.6 Å². The number of nitrogens with zero attached hydrogens (tertiary/aromatic N) is 4. The number of thioether (sulfide) groups is 1. The van der Waals surface area contributed by atoms with Gasteiger partial charge < -0.3 is 14.6 Å². The number of hydrogen-bond donors (Lipinski definition) is 1. The molecule has 2 aromatic carbocycles. The van der Waals surface area contributed by atoms with E-state index >= 15 is 0 Å². The smallest absolute Gasteiger partial charge is 0.277 e. The Morgan fingerprint density at radius 2 is 1.78 bits per heavy atom. The van der Waals surface area contributed by atoms with E-state index in [2.05, 4.69) is 40.3 Å². The summed E-state index contributed by atoms with van der Waals surface area (Å²) in [4.78, 5) is 15.0. The first kappa shape index (κ1) is 26.2. The number of carbonyl (C=O) groups excluding carboxylic acids is 1. The number of benzene rings is 2. The van der Waals surface area contributed by atoms with Gasteiger partial charge in [0.1, 0.15) is 0 Å². The number of amides is 1. The van der Waals surface area contributed by atoms with Crippen molar-refractivity contribution in [3.8, 4) is 11.5 Å². The van der Waals surface area contributed by atoms with Crippen molar-refractivity contribution in [3.05, 3.63) is 48.0 Å². The minimum Gasteiger partial charge on any atom is -0.411 e. The molecule has 1 saturated heterocycles. The second-order valence-electron chi connectivity index (χ2n) is 8.52. The van der Waals surface area contributed by atoms with Crippen molar-refractivity contribution in [2.24, 2.45) is 0 Å². The maximum Gasteiger partial charge on any atom is 0.277 e. The van der Waals surface area contributed by atoms with Crippen molar-refractivity contribution < 1.29 is 17.6 Å². The van der Waals surface area contributed by atoms with Gasteiger partial charge in [0.15, 0.2) is 0 Å². The van der Waals surface area contributed by atoms with Gasteiger partial charge >= 0.3 is 0 Å². The minimum atomic E-state index is -3.47. The second kappa shape index (κ2) is 11.4. The van der Waals surface area contributed by atoms with Crippen LogP contribution in [0.5, 0.6) is 0 Å². The van der Waals surface area contributed by atoms with Gasteiger partial charge in [0.25, 0.3) is 5.22 Å². The predicted octanol–water partition coefficient (Wildman–Crippen LogP) is 4.41. The van der Waals surface area contributed by atoms with Gasteiger partial charge in [0.2, 0.25) is 21.8 Å². The Morgan fingerprint density at radius 1 is 1.08 bits per heavy atom. The summed E-state index contributed by atoms with van der Waals surface area (Å²) in [5.74, 6) is 0.215. The molecule has 0 saturated carbocycles. The van der Waals surface area contributed by atoms with E-state index in [9.17, 15) is 13.2 Å². The van der Waals surface area contributed by atoms with Crippen LogP contribution in [0.2, 0.25) is 0 Å². The Balaban J connectivity index is 1.34. The van der Waals surface area contributed by atoms with Crippen molar-refractivity contribution in [1.82, 2.24) is 14.5 Å². The molecule has 9 nitrogen and oxygen atoms in total. The highest BCUT2D eigenvalue weighted by atomic mass is 32.2. The predicted molar refractivity (Wildman–Crippen MR) is 142 cm³/mol. The summed E-state index contributed by atoms with van der Waals surface area (Å²) in [6, 6.07) is 12.4. The molecule has 2 heterocycles. The number of anilines is 2. The molecular weight excluding hydrogens is 498 g/mol. The highest BCUT2D eigenvalue weighted by Crippen LogP contribution is 2.27. The highest BCUT2D eigenvalue weighted by molar-refractivity contribution is 7.99. The van der Waals surface area contributed by atoms with Crippen LogP contribution >= 0.6 is 11.8 Å². The van der Waals surface area contributed by atoms with Gasteiger partial charge in [-0.25, -0.2) is 8.42 Å². The van der Waals surface area contributed by atoms with Crippen LogP contribution in [0, 0.1) is 6.92 Å². The Kier molecular flexibility index (Phi) is 8.32. The summed E-state index contributed by atoms with van der Waals surface area (Å²) in [7, 11) is -3.47. The highest BCUT2D eigenvalue weighted by Gasteiger charge is 2.27. The number of carbonyl (C=O) groups is 1. The topological polar surface area (TPSA) is 109 Å². The van der Waals surface area contributed by atoms with Gasteiger partial charge in [-0.15, -0.1) is 10.2 Å². The van der Waals surface area contributed by atoms with E-state index in [1.165, 1.54) is 4.31 Å². The van der Waals surface area contributed by atoms with Crippen LogP contribution in [0.1, 0.15) is 32.3 Å². The minimum absolute atomic E-state index is 0.117. The Bertz CT molecular complexity index is 1300. The average molecular weight is 530 g/mol. The molecule has 0 unspecified atom stereocenters. The third kappa shape index (κ3) is 5.91. The molecule has 1 aromatic heterocycles. The zero-order valence-corrected chi connectivity index (χ0v) is 22.4. The first-order valence-electron chi connectivity index (χ1n) is 12.0. The van der Waals surface area contributed by atoms with E-state index in [-0.39, 0.29) is 27.7 Å². The zero-order chi connectivity index (χ0) is 25.7. The van der Waals surface area contributed by atoms with Crippen LogP contribution in [0.4, 0.5) is 11.4 Å². The molecule has 4 rings (SSSR count). The molecule has 0 spiro atoms. The zero-order valence-electron chi connectivity index (χ0n) is 20.7. The lowest BCUT2D eigenvalue weighted by Crippen LogP contribution is -2.27. The van der Waals surface area contributed by atoms with Gasteiger partial charge in [-0.05, 0) is 81.6 Å². The van der Waals surface area contributed by atoms with E-state index in [1.807, 2.05) is 19.1 Å². The van der Waals surface area contributed by atoms with Gasteiger partial charge in [0.05, 0.1) is 10.6 Å². The van der Waals surface area contributed by atoms with Crippen LogP contribution in [-0.4, -0.2) is 60.8 Å². The van der Waals surface area contributed by atoms with E-state index < -0.39 is 10.0 Å². The maximum atomic E-state index is 12.7. The monoisotopic (exact) mass is 529 g/mol. The van der Waals surface area contributed by atoms with Crippen molar-refractivity contribution in [2.45, 2.75) is 43.7 Å². The molecule has 1 aliphatic rings.